The number of carbonyl (C=O) groups is 1. The summed E-state index contributed by atoms with van der Waals surface area (Å²) in [7, 11) is 0. The highest BCUT2D eigenvalue weighted by atomic mass is 35.5. The highest BCUT2D eigenvalue weighted by Crippen LogP contribution is 2.27. The highest BCUT2D eigenvalue weighted by molar-refractivity contribution is 6.31. The maximum Gasteiger partial charge on any atom is 0.347 e. The standard InChI is InChI=1S/C18H14ClNO4/c19-12-6-7-13-14(10-12)20-17(22)15(16(13)21)18(23)24-9-8-11-4-2-1-3-5-11/h1-7,10H,8-9H2,(H2,20,21,22). The van der Waals surface area contributed by atoms with Gasteiger partial charge in [0.25, 0.3) is 5.56 Å². The maximum atomic E-state index is 12.2. The summed E-state index contributed by atoms with van der Waals surface area (Å²) in [5.41, 5.74) is 0.243. The molecular weight excluding hydrogens is 330 g/mol. The number of hydrogen-bond donors (Lipinski definition) is 2. The SMILES string of the molecule is O=C(OCCc1ccccc1)c1c(O)c2ccc(Cl)cc2[nH]c1=O. The predicted molar refractivity (Wildman–Crippen MR) is 91.7 cm³/mol. The fourth-order valence-electron chi connectivity index (χ4n) is 2.42. The van der Waals surface area contributed by atoms with E-state index >= 15 is 0 Å². The molecule has 0 aliphatic rings. The second-order valence-electron chi connectivity index (χ2n) is 5.24. The summed E-state index contributed by atoms with van der Waals surface area (Å²) >= 11 is 5.86. The van der Waals surface area contributed by atoms with Crippen LogP contribution in [0.4, 0.5) is 0 Å². The molecule has 0 amide bonds. The van der Waals surface area contributed by atoms with Crippen LogP contribution in [0, 0.1) is 0 Å². The summed E-state index contributed by atoms with van der Waals surface area (Å²) in [6.07, 6.45) is 0.522. The van der Waals surface area contributed by atoms with Crippen molar-refractivity contribution in [3.8, 4) is 5.75 Å². The third kappa shape index (κ3) is 3.26. The van der Waals surface area contributed by atoms with Crippen molar-refractivity contribution >= 4 is 28.5 Å². The Morgan fingerprint density at radius 1 is 1.17 bits per heavy atom. The van der Waals surface area contributed by atoms with Crippen molar-refractivity contribution in [2.75, 3.05) is 6.61 Å². The van der Waals surface area contributed by atoms with Crippen molar-refractivity contribution in [2.45, 2.75) is 6.42 Å². The molecular formula is C18H14ClNO4. The number of esters is 1. The van der Waals surface area contributed by atoms with E-state index in [0.717, 1.165) is 5.56 Å². The van der Waals surface area contributed by atoms with Gasteiger partial charge in [0, 0.05) is 16.8 Å². The molecule has 6 heteroatoms. The van der Waals surface area contributed by atoms with E-state index in [1.807, 2.05) is 30.3 Å². The molecule has 0 aliphatic heterocycles. The molecule has 3 rings (SSSR count). The number of fused-ring (bicyclic) bond motifs is 1. The van der Waals surface area contributed by atoms with Crippen molar-refractivity contribution in [3.63, 3.8) is 0 Å². The van der Waals surface area contributed by atoms with Gasteiger partial charge >= 0.3 is 5.97 Å². The highest BCUT2D eigenvalue weighted by Gasteiger charge is 2.20. The van der Waals surface area contributed by atoms with E-state index < -0.39 is 22.8 Å². The molecule has 0 atom stereocenters. The number of aromatic hydroxyl groups is 1. The molecule has 0 saturated carbocycles. The van der Waals surface area contributed by atoms with Crippen LogP contribution < -0.4 is 5.56 Å². The van der Waals surface area contributed by atoms with Crippen molar-refractivity contribution in [3.05, 3.63) is 75.0 Å². The molecule has 0 unspecified atom stereocenters. The summed E-state index contributed by atoms with van der Waals surface area (Å²) in [6, 6.07) is 14.1. The Morgan fingerprint density at radius 2 is 1.92 bits per heavy atom. The van der Waals surface area contributed by atoms with Gasteiger partial charge in [-0.25, -0.2) is 4.79 Å². The number of hydrogen-bond acceptors (Lipinski definition) is 4. The average molecular weight is 344 g/mol. The third-order valence-electron chi connectivity index (χ3n) is 3.62. The molecule has 0 saturated heterocycles. The zero-order chi connectivity index (χ0) is 17.1. The second kappa shape index (κ2) is 6.76. The molecule has 0 spiro atoms. The number of aromatic amines is 1. The van der Waals surface area contributed by atoms with Gasteiger partial charge in [-0.15, -0.1) is 0 Å². The van der Waals surface area contributed by atoms with Gasteiger partial charge in [0.15, 0.2) is 5.56 Å². The van der Waals surface area contributed by atoms with Crippen LogP contribution in [0.15, 0.2) is 53.3 Å². The second-order valence-corrected chi connectivity index (χ2v) is 5.68. The van der Waals surface area contributed by atoms with Gasteiger partial charge in [0.2, 0.25) is 0 Å². The molecule has 1 heterocycles. The minimum atomic E-state index is -0.860. The first kappa shape index (κ1) is 16.1. The molecule has 0 fully saturated rings. The van der Waals surface area contributed by atoms with E-state index in [9.17, 15) is 14.7 Å². The first-order valence-electron chi connectivity index (χ1n) is 7.32. The molecule has 2 N–H and O–H groups in total. The molecule has 0 aliphatic carbocycles. The van der Waals surface area contributed by atoms with Crippen molar-refractivity contribution in [2.24, 2.45) is 0 Å². The van der Waals surface area contributed by atoms with E-state index in [-0.39, 0.29) is 6.61 Å². The van der Waals surface area contributed by atoms with Crippen LogP contribution in [0.2, 0.25) is 5.02 Å². The molecule has 1 aromatic heterocycles. The smallest absolute Gasteiger partial charge is 0.347 e. The minimum absolute atomic E-state index is 0.111. The molecule has 0 bridgehead atoms. The first-order valence-corrected chi connectivity index (χ1v) is 7.69. The summed E-state index contributed by atoms with van der Waals surface area (Å²) in [6.45, 7) is 0.111. The van der Waals surface area contributed by atoms with E-state index in [0.29, 0.717) is 22.3 Å². The molecule has 0 radical (unpaired) electrons. The minimum Gasteiger partial charge on any atom is -0.506 e. The van der Waals surface area contributed by atoms with E-state index in [2.05, 4.69) is 4.98 Å². The summed E-state index contributed by atoms with van der Waals surface area (Å²) < 4.78 is 5.12. The fraction of sp³-hybridized carbons (Fsp3) is 0.111. The summed E-state index contributed by atoms with van der Waals surface area (Å²) in [5.74, 6) is -1.27. The number of halogens is 1. The predicted octanol–water partition coefficient (Wildman–Crippen LogP) is 3.29. The largest absolute Gasteiger partial charge is 0.506 e. The monoisotopic (exact) mass is 343 g/mol. The lowest BCUT2D eigenvalue weighted by Crippen LogP contribution is -2.20. The van der Waals surface area contributed by atoms with Gasteiger partial charge in [-0.1, -0.05) is 41.9 Å². The Morgan fingerprint density at radius 3 is 2.67 bits per heavy atom. The lowest BCUT2D eigenvalue weighted by molar-refractivity contribution is 0.0504. The number of rotatable bonds is 4. The zero-order valence-electron chi connectivity index (χ0n) is 12.6. The molecule has 2 aromatic carbocycles. The van der Waals surface area contributed by atoms with Gasteiger partial charge in [-0.3, -0.25) is 4.79 Å². The van der Waals surface area contributed by atoms with Crippen molar-refractivity contribution in [1.82, 2.24) is 4.98 Å². The topological polar surface area (TPSA) is 79.4 Å². The first-order chi connectivity index (χ1) is 11.6. The van der Waals surface area contributed by atoms with Crippen LogP contribution in [-0.2, 0) is 11.2 Å². The molecule has 24 heavy (non-hydrogen) atoms. The van der Waals surface area contributed by atoms with Crippen molar-refractivity contribution in [1.29, 1.82) is 0 Å². The van der Waals surface area contributed by atoms with E-state index in [4.69, 9.17) is 16.3 Å². The van der Waals surface area contributed by atoms with Crippen LogP contribution in [-0.4, -0.2) is 22.7 Å². The van der Waals surface area contributed by atoms with E-state index in [1.165, 1.54) is 12.1 Å². The van der Waals surface area contributed by atoms with Crippen LogP contribution in [0.3, 0.4) is 0 Å². The number of carbonyl (C=O) groups excluding carboxylic acids is 1. The van der Waals surface area contributed by atoms with Gasteiger partial charge in [-0.05, 0) is 23.8 Å². The third-order valence-corrected chi connectivity index (χ3v) is 3.85. The van der Waals surface area contributed by atoms with Crippen LogP contribution in [0.25, 0.3) is 10.9 Å². The Kier molecular flexibility index (Phi) is 4.53. The molecule has 3 aromatic rings. The van der Waals surface area contributed by atoms with Crippen LogP contribution in [0.1, 0.15) is 15.9 Å². The number of pyridine rings is 1. The number of H-pyrrole nitrogens is 1. The average Bonchev–Trinajstić information content (AvgIpc) is 2.55. The van der Waals surface area contributed by atoms with Gasteiger partial charge in [-0.2, -0.15) is 0 Å². The Bertz CT molecular complexity index is 950. The normalized spacial score (nSPS) is 10.7. The number of ether oxygens (including phenoxy) is 1. The van der Waals surface area contributed by atoms with E-state index in [1.54, 1.807) is 6.07 Å². The van der Waals surface area contributed by atoms with Gasteiger partial charge in [0.1, 0.15) is 5.75 Å². The zero-order valence-corrected chi connectivity index (χ0v) is 13.3. The van der Waals surface area contributed by atoms with Crippen LogP contribution in [0.5, 0.6) is 5.75 Å². The molecule has 122 valence electrons. The number of nitrogens with one attached hydrogen (secondary N) is 1. The Hall–Kier alpha value is -2.79. The van der Waals surface area contributed by atoms with Gasteiger partial charge < -0.3 is 14.8 Å². The van der Waals surface area contributed by atoms with Crippen LogP contribution >= 0.6 is 11.6 Å². The lowest BCUT2D eigenvalue weighted by Gasteiger charge is -2.08. The quantitative estimate of drug-likeness (QED) is 0.712. The summed E-state index contributed by atoms with van der Waals surface area (Å²) in [5, 5.41) is 11.0. The fourth-order valence-corrected chi connectivity index (χ4v) is 2.59. The molecule has 5 nitrogen and oxygen atoms in total. The summed E-state index contributed by atoms with van der Waals surface area (Å²) in [4.78, 5) is 26.8. The van der Waals surface area contributed by atoms with Gasteiger partial charge in [0.05, 0.1) is 12.1 Å². The Balaban J connectivity index is 1.82. The number of benzene rings is 2. The Labute approximate surface area is 142 Å². The number of aromatic nitrogens is 1. The van der Waals surface area contributed by atoms with Crippen molar-refractivity contribution < 1.29 is 14.6 Å². The lowest BCUT2D eigenvalue weighted by atomic mass is 10.1. The maximum absolute atomic E-state index is 12.2.